The summed E-state index contributed by atoms with van der Waals surface area (Å²) in [4.78, 5) is 10.9. The zero-order valence-electron chi connectivity index (χ0n) is 60.3. The van der Waals surface area contributed by atoms with Gasteiger partial charge < -0.3 is 49.2 Å². The minimum atomic E-state index is -0.357. The fraction of sp³-hybridized carbons (Fsp3) is 0.976. The van der Waals surface area contributed by atoms with E-state index in [1.54, 1.807) is 0 Å². The smallest absolute Gasteiger partial charge is 1.00 e. The van der Waals surface area contributed by atoms with Gasteiger partial charge in [0.15, 0.2) is 0 Å². The zero-order chi connectivity index (χ0) is 62.9. The molecule has 12 aliphatic rings. The molecule has 528 valence electrons. The van der Waals surface area contributed by atoms with Crippen molar-refractivity contribution in [3.63, 3.8) is 0 Å². The van der Waals surface area contributed by atoms with Crippen molar-refractivity contribution >= 4 is 29.3 Å². The van der Waals surface area contributed by atoms with Gasteiger partial charge in [-0.15, -0.1) is 0 Å². The van der Waals surface area contributed by atoms with Gasteiger partial charge in [-0.2, -0.15) is 13.8 Å². The molecule has 91 heavy (non-hydrogen) atoms. The van der Waals surface area contributed by atoms with Crippen molar-refractivity contribution in [1.29, 1.82) is 0 Å². The molecule has 12 aliphatic carbocycles. The SMILES string of the molecule is C.C.CC[C@]1(O)CC[C@H]2[C@@H](CC[C@@H]3[C@@H]2CC[C@]2(C)[C@@H]([C@H](C)CCC(O)C(C)C)CC[C@@H]32)C1.CC[C@]1(O)CC[C@H]2[C@@H](CC[C@@H]3[C@@H]2CC[C@]2(C)[C@@H]([C@H](C)CCC=O)CC[C@@H]32)C1.CC[C@]1(O)CC[C@H]2[C@@H](CC[C@@H]3[C@@H]2CC[C@]2(C)[C@@H]([C@H](C)CCCO)CC[C@@H]32)C1.C[CH-]C.[Cl-].[Mg+2]. The third kappa shape index (κ3) is 17.1. The molecule has 1 unspecified atom stereocenters. The van der Waals surface area contributed by atoms with Gasteiger partial charge in [0.1, 0.15) is 6.29 Å². The van der Waals surface area contributed by atoms with E-state index >= 15 is 0 Å². The monoisotopic (exact) mass is 1300 g/mol. The van der Waals surface area contributed by atoms with Crippen molar-refractivity contribution in [2.45, 2.75) is 359 Å². The molecule has 6 nitrogen and oxygen atoms in total. The first kappa shape index (κ1) is 82.2. The Labute approximate surface area is 586 Å². The van der Waals surface area contributed by atoms with E-state index in [1.165, 1.54) is 148 Å². The fourth-order valence-electron chi connectivity index (χ4n) is 26.9. The molecule has 28 atom stereocenters. The van der Waals surface area contributed by atoms with Crippen LogP contribution >= 0.6 is 0 Å². The van der Waals surface area contributed by atoms with Gasteiger partial charge in [0, 0.05) is 13.0 Å². The second-order valence-corrected chi connectivity index (χ2v) is 36.0. The Morgan fingerprint density at radius 3 is 1.04 bits per heavy atom. The van der Waals surface area contributed by atoms with Crippen molar-refractivity contribution in [2.75, 3.05) is 6.61 Å². The van der Waals surface area contributed by atoms with Crippen molar-refractivity contribution in [1.82, 2.24) is 0 Å². The molecule has 0 radical (unpaired) electrons. The summed E-state index contributed by atoms with van der Waals surface area (Å²) in [6.45, 7) is 30.4. The van der Waals surface area contributed by atoms with Crippen LogP contribution in [0, 0.1) is 153 Å². The second kappa shape index (κ2) is 34.7. The van der Waals surface area contributed by atoms with Crippen LogP contribution in [0.15, 0.2) is 0 Å². The van der Waals surface area contributed by atoms with E-state index in [2.05, 4.69) is 76.2 Å². The standard InChI is InChI=1S/C28H50O2.C25H44O2.C25H42O2.C3H7.2CH4.ClH.Mg/c1-6-28(30)16-14-21-20(17-28)8-9-23-22(21)13-15-27(5)24(10-11-25(23)27)19(4)7-12-26(29)18(2)3;2*1-4-25(27)14-12-19-18(16-25)7-8-21-20(19)11-13-24(3)22(9-10-23(21)24)17(2)6-5-15-26;1-3-2;;;;/h18-26,29-30H,6-17H2,1-5H3;17-23,26-27H,4-16H2,1-3H3;15,17-23,27H,4-14,16H2,1-3H3;3H,1-2H3;2*1H4;1H;/q;;;-1;;;;+2/p-1/t19-,20+,21+,22-,23-,24-,25+,26?,27-,28+;2*17-,18+,19+,20-,21-,22-,23+,24-,25+;;;;;/m111...../s1. The van der Waals surface area contributed by atoms with Gasteiger partial charge in [0.05, 0.1) is 22.9 Å². The number of hydrogen-bond acceptors (Lipinski definition) is 6. The Balaban J connectivity index is 0.000000238. The minimum absolute atomic E-state index is 0. The van der Waals surface area contributed by atoms with E-state index in [9.17, 15) is 30.3 Å². The van der Waals surface area contributed by atoms with Crippen LogP contribution in [-0.2, 0) is 4.79 Å². The van der Waals surface area contributed by atoms with Gasteiger partial charge in [-0.05, 0) is 371 Å². The third-order valence-electron chi connectivity index (χ3n) is 31.8. The summed E-state index contributed by atoms with van der Waals surface area (Å²) in [6.07, 6.45) is 47.8. The Kier molecular flexibility index (Phi) is 31.4. The third-order valence-corrected chi connectivity index (χ3v) is 31.8. The van der Waals surface area contributed by atoms with E-state index in [1.807, 2.05) is 20.3 Å². The number of aliphatic hydroxyl groups is 5. The Morgan fingerprint density at radius 1 is 0.440 bits per heavy atom. The maximum absolute atomic E-state index is 10.9. The predicted molar refractivity (Wildman–Crippen MR) is 382 cm³/mol. The molecule has 0 aromatic heterocycles. The maximum atomic E-state index is 10.9. The summed E-state index contributed by atoms with van der Waals surface area (Å²) in [5.41, 5.74) is 0.554. The Bertz CT molecular complexity index is 2140. The van der Waals surface area contributed by atoms with Gasteiger partial charge >= 0.3 is 23.1 Å². The number of rotatable bonds is 16. The van der Waals surface area contributed by atoms with Crippen LogP contribution in [0.3, 0.4) is 0 Å². The Morgan fingerprint density at radius 2 is 0.747 bits per heavy atom. The van der Waals surface area contributed by atoms with E-state index in [4.69, 9.17) is 0 Å². The normalized spacial score (nSPS) is 46.0. The second-order valence-electron chi connectivity index (χ2n) is 36.0. The molecule has 8 heteroatoms. The number of aldehydes is 1. The van der Waals surface area contributed by atoms with Gasteiger partial charge in [-0.3, -0.25) is 0 Å². The molecule has 0 saturated heterocycles. The van der Waals surface area contributed by atoms with Crippen molar-refractivity contribution in [3.05, 3.63) is 6.42 Å². The molecule has 12 saturated carbocycles. The van der Waals surface area contributed by atoms with Gasteiger partial charge in [-0.25, -0.2) is 0 Å². The average molecular weight is 1300 g/mol. The topological polar surface area (TPSA) is 118 Å². The molecule has 0 spiro atoms. The summed E-state index contributed by atoms with van der Waals surface area (Å²) >= 11 is 0. The summed E-state index contributed by atoms with van der Waals surface area (Å²) < 4.78 is 0. The van der Waals surface area contributed by atoms with Crippen LogP contribution in [0.2, 0.25) is 0 Å². The number of halogens is 1. The van der Waals surface area contributed by atoms with Gasteiger partial charge in [-0.1, -0.05) is 91.0 Å². The number of carbonyl (C=O) groups excluding carboxylic acids is 1. The van der Waals surface area contributed by atoms with Crippen LogP contribution in [0.4, 0.5) is 0 Å². The van der Waals surface area contributed by atoms with Crippen molar-refractivity contribution in [2.24, 2.45) is 146 Å². The predicted octanol–water partition coefficient (Wildman–Crippen LogP) is 17.8. The number of fused-ring (bicyclic) bond motifs is 15. The quantitative estimate of drug-likeness (QED) is 0.0597. The van der Waals surface area contributed by atoms with Gasteiger partial charge in [0.2, 0.25) is 0 Å². The van der Waals surface area contributed by atoms with Crippen LogP contribution in [0.1, 0.15) is 336 Å². The molecular weight excluding hydrogens is 1150 g/mol. The number of hydrogen-bond donors (Lipinski definition) is 5. The largest absolute Gasteiger partial charge is 2.00 e. The molecule has 0 aromatic rings. The molecule has 5 N–H and O–H groups in total. The summed E-state index contributed by atoms with van der Waals surface area (Å²) in [6, 6.07) is 0. The molecule has 0 bridgehead atoms. The summed E-state index contributed by atoms with van der Waals surface area (Å²) in [7, 11) is 0. The van der Waals surface area contributed by atoms with Crippen LogP contribution in [0.5, 0.6) is 0 Å². The van der Waals surface area contributed by atoms with Crippen LogP contribution in [0.25, 0.3) is 0 Å². The number of aliphatic hydroxyl groups excluding tert-OH is 2. The van der Waals surface area contributed by atoms with Gasteiger partial charge in [0.25, 0.3) is 0 Å². The van der Waals surface area contributed by atoms with Crippen LogP contribution < -0.4 is 12.4 Å². The Hall–Kier alpha value is 0.526. The fourth-order valence-corrected chi connectivity index (χ4v) is 26.9. The molecule has 12 rings (SSSR count). The zero-order valence-corrected chi connectivity index (χ0v) is 62.5. The van der Waals surface area contributed by atoms with Crippen molar-refractivity contribution in [3.8, 4) is 0 Å². The van der Waals surface area contributed by atoms with E-state index in [0.29, 0.717) is 34.7 Å². The maximum Gasteiger partial charge on any atom is 2.00 e. The molecule has 0 amide bonds. The molecule has 0 aliphatic heterocycles. The van der Waals surface area contributed by atoms with Crippen molar-refractivity contribution < 1.29 is 42.7 Å². The van der Waals surface area contributed by atoms with E-state index in [-0.39, 0.29) is 73.2 Å². The first-order valence-corrected chi connectivity index (χ1v) is 39.1. The molecule has 12 fully saturated rings. The summed E-state index contributed by atoms with van der Waals surface area (Å²) in [5, 5.41) is 52.2. The average Bonchev–Trinajstić information content (AvgIpc) is 1.71. The number of carbonyl (C=O) groups is 1. The van der Waals surface area contributed by atoms with Crippen LogP contribution in [-0.4, -0.2) is 84.4 Å². The molecule has 0 aromatic carbocycles. The van der Waals surface area contributed by atoms with E-state index in [0.717, 1.165) is 208 Å². The summed E-state index contributed by atoms with van der Waals surface area (Å²) in [5.74, 6) is 18.8. The minimum Gasteiger partial charge on any atom is -1.00 e. The first-order valence-electron chi connectivity index (χ1n) is 39.1. The first-order chi connectivity index (χ1) is 41.4. The molecular formula is C83H151ClMgO6. The van der Waals surface area contributed by atoms with E-state index < -0.39 is 0 Å². The molecule has 0 heterocycles.